The van der Waals surface area contributed by atoms with E-state index >= 15 is 0 Å². The molecule has 1 aliphatic rings. The first-order chi connectivity index (χ1) is 16.8. The lowest BCUT2D eigenvalue weighted by Crippen LogP contribution is -2.41. The van der Waals surface area contributed by atoms with Crippen LogP contribution in [0.2, 0.25) is 0 Å². The fourth-order valence-corrected chi connectivity index (χ4v) is 5.81. The second-order valence-corrected chi connectivity index (χ2v) is 9.67. The Morgan fingerprint density at radius 3 is 2.46 bits per heavy atom. The minimum absolute atomic E-state index is 0.0372. The summed E-state index contributed by atoms with van der Waals surface area (Å²) >= 11 is 1.31. The number of amides is 2. The first kappa shape index (κ1) is 22.8. The van der Waals surface area contributed by atoms with Crippen molar-refractivity contribution in [2.75, 3.05) is 11.9 Å². The molecule has 3 heterocycles. The number of hydrogen-bond donors (Lipinski definition) is 1. The van der Waals surface area contributed by atoms with Crippen molar-refractivity contribution >= 4 is 39.1 Å². The summed E-state index contributed by atoms with van der Waals surface area (Å²) in [6.07, 6.45) is 0.520. The van der Waals surface area contributed by atoms with Gasteiger partial charge in [-0.05, 0) is 42.7 Å². The predicted molar refractivity (Wildman–Crippen MR) is 136 cm³/mol. The van der Waals surface area contributed by atoms with Crippen LogP contribution in [0.5, 0.6) is 0 Å². The molecule has 8 nitrogen and oxygen atoms in total. The third-order valence-electron chi connectivity index (χ3n) is 6.30. The lowest BCUT2D eigenvalue weighted by atomic mass is 10.1. The van der Waals surface area contributed by atoms with Gasteiger partial charge >= 0.3 is 5.69 Å². The zero-order valence-electron chi connectivity index (χ0n) is 19.4. The zero-order valence-corrected chi connectivity index (χ0v) is 20.2. The molecule has 0 bridgehead atoms. The third kappa shape index (κ3) is 4.08. The molecule has 0 unspecified atom stereocenters. The molecule has 2 aromatic carbocycles. The number of nitrogens with one attached hydrogen (secondary N) is 1. The summed E-state index contributed by atoms with van der Waals surface area (Å²) in [6, 6.07) is 16.1. The molecule has 2 aromatic heterocycles. The van der Waals surface area contributed by atoms with Crippen LogP contribution in [0, 0.1) is 6.92 Å². The Kier molecular flexibility index (Phi) is 5.86. The number of aryl methyl sites for hydroxylation is 1. The van der Waals surface area contributed by atoms with Crippen molar-refractivity contribution in [3.63, 3.8) is 0 Å². The Bertz CT molecular complexity index is 1580. The summed E-state index contributed by atoms with van der Waals surface area (Å²) in [4.78, 5) is 55.3. The number of anilines is 1. The van der Waals surface area contributed by atoms with Crippen molar-refractivity contribution < 1.29 is 9.59 Å². The van der Waals surface area contributed by atoms with E-state index in [1.807, 2.05) is 31.2 Å². The van der Waals surface area contributed by atoms with Crippen molar-refractivity contribution in [3.8, 4) is 5.69 Å². The molecule has 0 fully saturated rings. The molecule has 0 aliphatic carbocycles. The van der Waals surface area contributed by atoms with Crippen LogP contribution in [-0.4, -0.2) is 32.4 Å². The van der Waals surface area contributed by atoms with E-state index in [2.05, 4.69) is 5.32 Å². The van der Waals surface area contributed by atoms with Gasteiger partial charge < -0.3 is 10.2 Å². The average Bonchev–Trinajstić information content (AvgIpc) is 3.23. The van der Waals surface area contributed by atoms with Crippen LogP contribution in [0.3, 0.4) is 0 Å². The first-order valence-electron chi connectivity index (χ1n) is 11.3. The molecule has 5 rings (SSSR count). The molecule has 2 amide bonds. The second-order valence-electron chi connectivity index (χ2n) is 8.58. The van der Waals surface area contributed by atoms with Gasteiger partial charge in [0.15, 0.2) is 0 Å². The number of benzene rings is 2. The van der Waals surface area contributed by atoms with Crippen molar-refractivity contribution in [3.05, 3.63) is 91.4 Å². The van der Waals surface area contributed by atoms with Crippen LogP contribution in [0.4, 0.5) is 5.69 Å². The van der Waals surface area contributed by atoms with Crippen LogP contribution in [0.1, 0.15) is 22.9 Å². The van der Waals surface area contributed by atoms with Crippen molar-refractivity contribution in [1.82, 2.24) is 14.0 Å². The lowest BCUT2D eigenvalue weighted by molar-refractivity contribution is -0.129. The Balaban J connectivity index is 1.68. The van der Waals surface area contributed by atoms with Gasteiger partial charge in [0.1, 0.15) is 11.4 Å². The van der Waals surface area contributed by atoms with Gasteiger partial charge in [-0.15, -0.1) is 11.3 Å². The standard InChI is InChI=1S/C26H24N4O4S/c1-16-8-6-7-11-20(16)27-22(32)15-29-25-23(19-12-13-28(17(2)31)14-21(19)35-25)24(33)30(26(29)34)18-9-4-3-5-10-18/h3-11H,12-15H2,1-2H3,(H,27,32). The Hall–Kier alpha value is -3.98. The number of para-hydroxylation sites is 2. The minimum atomic E-state index is -0.573. The van der Waals surface area contributed by atoms with Gasteiger partial charge in [-0.3, -0.25) is 19.0 Å². The summed E-state index contributed by atoms with van der Waals surface area (Å²) in [5, 5.41) is 3.32. The predicted octanol–water partition coefficient (Wildman–Crippen LogP) is 3.07. The molecule has 0 saturated heterocycles. The number of nitrogens with zero attached hydrogens (tertiary/aromatic N) is 3. The van der Waals surface area contributed by atoms with Gasteiger partial charge in [0, 0.05) is 24.0 Å². The van der Waals surface area contributed by atoms with Gasteiger partial charge in [-0.1, -0.05) is 36.4 Å². The fraction of sp³-hybridized carbons (Fsp3) is 0.231. The number of fused-ring (bicyclic) bond motifs is 3. The highest BCUT2D eigenvalue weighted by Gasteiger charge is 2.28. The number of carbonyl (C=O) groups is 2. The SMILES string of the molecule is CC(=O)N1CCc2c(sc3c2c(=O)n(-c2ccccc2)c(=O)n3CC(=O)Nc2ccccc2C)C1. The highest BCUT2D eigenvalue weighted by atomic mass is 32.1. The zero-order chi connectivity index (χ0) is 24.7. The topological polar surface area (TPSA) is 93.4 Å². The normalized spacial score (nSPS) is 13.0. The highest BCUT2D eigenvalue weighted by molar-refractivity contribution is 7.18. The molecule has 1 aliphatic heterocycles. The van der Waals surface area contributed by atoms with E-state index < -0.39 is 11.2 Å². The third-order valence-corrected chi connectivity index (χ3v) is 7.54. The summed E-state index contributed by atoms with van der Waals surface area (Å²) in [7, 11) is 0. The highest BCUT2D eigenvalue weighted by Crippen LogP contribution is 2.33. The largest absolute Gasteiger partial charge is 0.337 e. The van der Waals surface area contributed by atoms with Crippen molar-refractivity contribution in [1.29, 1.82) is 0 Å². The Morgan fingerprint density at radius 1 is 1.03 bits per heavy atom. The van der Waals surface area contributed by atoms with E-state index in [0.29, 0.717) is 41.1 Å². The van der Waals surface area contributed by atoms with Crippen LogP contribution in [0.25, 0.3) is 15.9 Å². The summed E-state index contributed by atoms with van der Waals surface area (Å²) in [5.74, 6) is -0.400. The van der Waals surface area contributed by atoms with E-state index in [1.165, 1.54) is 22.8 Å². The smallest absolute Gasteiger partial charge is 0.337 e. The number of thiophene rings is 1. The number of carbonyl (C=O) groups excluding carboxylic acids is 2. The molecule has 35 heavy (non-hydrogen) atoms. The number of aromatic nitrogens is 2. The number of rotatable bonds is 4. The van der Waals surface area contributed by atoms with Gasteiger partial charge in [0.25, 0.3) is 5.56 Å². The van der Waals surface area contributed by atoms with E-state index in [4.69, 9.17) is 0 Å². The van der Waals surface area contributed by atoms with E-state index in [9.17, 15) is 19.2 Å². The Labute approximate surface area is 205 Å². The van der Waals surface area contributed by atoms with Crippen molar-refractivity contribution in [2.24, 2.45) is 0 Å². The van der Waals surface area contributed by atoms with E-state index in [-0.39, 0.29) is 18.4 Å². The maximum absolute atomic E-state index is 13.6. The summed E-state index contributed by atoms with van der Waals surface area (Å²) in [5.41, 5.74) is 1.89. The molecule has 0 saturated carbocycles. The Morgan fingerprint density at radius 2 is 1.74 bits per heavy atom. The number of hydrogen-bond acceptors (Lipinski definition) is 5. The maximum Gasteiger partial charge on any atom is 0.337 e. The lowest BCUT2D eigenvalue weighted by Gasteiger charge is -2.25. The molecule has 1 N–H and O–H groups in total. The van der Waals surface area contributed by atoms with Gasteiger partial charge in [0.2, 0.25) is 11.8 Å². The van der Waals surface area contributed by atoms with Gasteiger partial charge in [-0.25, -0.2) is 9.36 Å². The molecule has 0 radical (unpaired) electrons. The van der Waals surface area contributed by atoms with E-state index in [1.54, 1.807) is 35.2 Å². The van der Waals surface area contributed by atoms with Crippen LogP contribution < -0.4 is 16.6 Å². The molecule has 0 atom stereocenters. The average molecular weight is 489 g/mol. The van der Waals surface area contributed by atoms with E-state index in [0.717, 1.165) is 20.6 Å². The van der Waals surface area contributed by atoms with Crippen molar-refractivity contribution in [2.45, 2.75) is 33.4 Å². The second kappa shape index (κ2) is 8.99. The molecular weight excluding hydrogens is 464 g/mol. The summed E-state index contributed by atoms with van der Waals surface area (Å²) < 4.78 is 2.51. The van der Waals surface area contributed by atoms with Gasteiger partial charge in [-0.2, -0.15) is 0 Å². The molecular formula is C26H24N4O4S. The summed E-state index contributed by atoms with van der Waals surface area (Å²) in [6.45, 7) is 4.06. The quantitative estimate of drug-likeness (QED) is 0.478. The molecule has 9 heteroatoms. The molecule has 178 valence electrons. The monoisotopic (exact) mass is 488 g/mol. The van der Waals surface area contributed by atoms with Crippen LogP contribution in [0.15, 0.2) is 64.2 Å². The van der Waals surface area contributed by atoms with Crippen LogP contribution in [-0.2, 0) is 29.1 Å². The molecule has 4 aromatic rings. The first-order valence-corrected chi connectivity index (χ1v) is 12.1. The molecule has 0 spiro atoms. The van der Waals surface area contributed by atoms with Gasteiger partial charge in [0.05, 0.1) is 17.6 Å². The fourth-order valence-electron chi connectivity index (χ4n) is 4.47. The maximum atomic E-state index is 13.6. The minimum Gasteiger partial charge on any atom is -0.337 e. The van der Waals surface area contributed by atoms with Crippen LogP contribution >= 0.6 is 11.3 Å².